The van der Waals surface area contributed by atoms with Crippen LogP contribution in [0.2, 0.25) is 0 Å². The van der Waals surface area contributed by atoms with Crippen LogP contribution in [0.3, 0.4) is 0 Å². The molecule has 0 saturated carbocycles. The van der Waals surface area contributed by atoms with E-state index in [1.807, 2.05) is 0 Å². The Labute approximate surface area is 109 Å². The second-order valence-electron chi connectivity index (χ2n) is 3.59. The van der Waals surface area contributed by atoms with Gasteiger partial charge in [-0.15, -0.1) is 0 Å². The third kappa shape index (κ3) is 3.29. The van der Waals surface area contributed by atoms with Crippen LogP contribution >= 0.6 is 15.9 Å². The van der Waals surface area contributed by atoms with Crippen LogP contribution in [-0.2, 0) is 9.84 Å². The fraction of sp³-hybridized carbons (Fsp3) is 0.364. The average molecular weight is 320 g/mol. The molecule has 0 unspecified atom stereocenters. The lowest BCUT2D eigenvalue weighted by molar-refractivity contribution is 0.318. The second-order valence-corrected chi connectivity index (χ2v) is 7.11. The van der Waals surface area contributed by atoms with Crippen molar-refractivity contribution in [1.82, 2.24) is 0 Å². The summed E-state index contributed by atoms with van der Waals surface area (Å²) in [5.41, 5.74) is 0.763. The molecule has 1 atom stereocenters. The van der Waals surface area contributed by atoms with Crippen LogP contribution in [0.15, 0.2) is 33.9 Å². The first kappa shape index (κ1) is 14.2. The molecule has 6 heteroatoms. The van der Waals surface area contributed by atoms with Crippen molar-refractivity contribution in [3.63, 3.8) is 0 Å². The second kappa shape index (κ2) is 5.64. The van der Waals surface area contributed by atoms with Crippen LogP contribution in [0.25, 0.3) is 0 Å². The molecule has 1 aromatic carbocycles. The van der Waals surface area contributed by atoms with Gasteiger partial charge in [0, 0.05) is 15.8 Å². The summed E-state index contributed by atoms with van der Waals surface area (Å²) in [6.45, 7) is 3.10. The molecule has 0 amide bonds. The van der Waals surface area contributed by atoms with E-state index in [1.54, 1.807) is 31.2 Å². The first-order valence-electron chi connectivity index (χ1n) is 5.11. The lowest BCUT2D eigenvalue weighted by Crippen LogP contribution is -2.29. The molecule has 0 spiro atoms. The maximum atomic E-state index is 11.7. The summed E-state index contributed by atoms with van der Waals surface area (Å²) < 4.78 is 24.4. The van der Waals surface area contributed by atoms with Gasteiger partial charge in [0.15, 0.2) is 9.84 Å². The molecule has 0 bridgehead atoms. The highest BCUT2D eigenvalue weighted by atomic mass is 79.9. The highest BCUT2D eigenvalue weighted by Crippen LogP contribution is 2.15. The Kier molecular flexibility index (Phi) is 4.70. The number of oxime groups is 1. The van der Waals surface area contributed by atoms with Gasteiger partial charge in [0.1, 0.15) is 11.0 Å². The Bertz CT molecular complexity index is 508. The van der Waals surface area contributed by atoms with Gasteiger partial charge in [0.2, 0.25) is 0 Å². The van der Waals surface area contributed by atoms with Gasteiger partial charge in [0.05, 0.1) is 0 Å². The van der Waals surface area contributed by atoms with Crippen LogP contribution in [0, 0.1) is 0 Å². The summed E-state index contributed by atoms with van der Waals surface area (Å²) >= 11 is 3.29. The van der Waals surface area contributed by atoms with Gasteiger partial charge in [0.25, 0.3) is 0 Å². The standard InChI is InChI=1S/C11H14BrNO3S/c1-3-17(15,16)8(2)11(13-14)9-4-6-10(12)7-5-9/h4-8,14H,3H2,1-2H3/b13-11+/t8-/m1/s1. The summed E-state index contributed by atoms with van der Waals surface area (Å²) in [6, 6.07) is 6.96. The van der Waals surface area contributed by atoms with Crippen molar-refractivity contribution in [2.24, 2.45) is 5.16 Å². The number of sulfone groups is 1. The molecule has 1 N–H and O–H groups in total. The summed E-state index contributed by atoms with van der Waals surface area (Å²) in [6.07, 6.45) is 0. The quantitative estimate of drug-likeness (QED) is 0.526. The van der Waals surface area contributed by atoms with Crippen molar-refractivity contribution in [3.8, 4) is 0 Å². The largest absolute Gasteiger partial charge is 0.411 e. The molecule has 0 aliphatic rings. The fourth-order valence-electron chi connectivity index (χ4n) is 1.41. The Balaban J connectivity index is 3.14. The van der Waals surface area contributed by atoms with E-state index in [0.29, 0.717) is 5.56 Å². The van der Waals surface area contributed by atoms with E-state index in [0.717, 1.165) is 4.47 Å². The molecule has 0 aliphatic heterocycles. The smallest absolute Gasteiger partial charge is 0.158 e. The van der Waals surface area contributed by atoms with Crippen LogP contribution < -0.4 is 0 Å². The van der Waals surface area contributed by atoms with E-state index >= 15 is 0 Å². The number of hydrogen-bond acceptors (Lipinski definition) is 4. The van der Waals surface area contributed by atoms with Crippen LogP contribution in [-0.4, -0.2) is 30.3 Å². The van der Waals surface area contributed by atoms with Crippen molar-refractivity contribution < 1.29 is 13.6 Å². The molecule has 1 aromatic rings. The van der Waals surface area contributed by atoms with Crippen molar-refractivity contribution in [2.75, 3.05) is 5.75 Å². The maximum Gasteiger partial charge on any atom is 0.158 e. The van der Waals surface area contributed by atoms with E-state index in [2.05, 4.69) is 21.1 Å². The third-order valence-corrected chi connectivity index (χ3v) is 5.21. The number of hydrogen-bond donors (Lipinski definition) is 1. The Morgan fingerprint density at radius 2 is 1.94 bits per heavy atom. The van der Waals surface area contributed by atoms with E-state index < -0.39 is 15.1 Å². The molecule has 94 valence electrons. The Hall–Kier alpha value is -0.880. The van der Waals surface area contributed by atoms with Gasteiger partial charge >= 0.3 is 0 Å². The van der Waals surface area contributed by atoms with Gasteiger partial charge in [-0.2, -0.15) is 0 Å². The van der Waals surface area contributed by atoms with Crippen molar-refractivity contribution >= 4 is 31.5 Å². The minimum Gasteiger partial charge on any atom is -0.411 e. The predicted octanol–water partition coefficient (Wildman–Crippen LogP) is 2.45. The molecule has 0 radical (unpaired) electrons. The summed E-state index contributed by atoms with van der Waals surface area (Å²) in [7, 11) is -3.27. The normalized spacial score (nSPS) is 14.6. The number of nitrogens with zero attached hydrogens (tertiary/aromatic N) is 1. The summed E-state index contributed by atoms with van der Waals surface area (Å²) in [5, 5.41) is 11.3. The van der Waals surface area contributed by atoms with Crippen LogP contribution in [0.5, 0.6) is 0 Å². The molecule has 17 heavy (non-hydrogen) atoms. The first-order valence-corrected chi connectivity index (χ1v) is 7.62. The zero-order chi connectivity index (χ0) is 13.1. The lowest BCUT2D eigenvalue weighted by Gasteiger charge is -2.13. The van der Waals surface area contributed by atoms with Gasteiger partial charge in [-0.25, -0.2) is 8.42 Å². The van der Waals surface area contributed by atoms with Crippen molar-refractivity contribution in [3.05, 3.63) is 34.3 Å². The van der Waals surface area contributed by atoms with Gasteiger partial charge in [-0.05, 0) is 19.1 Å². The van der Waals surface area contributed by atoms with E-state index in [4.69, 9.17) is 5.21 Å². The number of halogens is 1. The highest BCUT2D eigenvalue weighted by Gasteiger charge is 2.25. The predicted molar refractivity (Wildman–Crippen MR) is 71.4 cm³/mol. The topological polar surface area (TPSA) is 66.7 Å². The average Bonchev–Trinajstić information content (AvgIpc) is 2.32. The van der Waals surface area contributed by atoms with Crippen molar-refractivity contribution in [2.45, 2.75) is 19.1 Å². The highest BCUT2D eigenvalue weighted by molar-refractivity contribution is 9.10. The minimum absolute atomic E-state index is 0.0176. The monoisotopic (exact) mass is 319 g/mol. The number of benzene rings is 1. The zero-order valence-electron chi connectivity index (χ0n) is 9.59. The van der Waals surface area contributed by atoms with Crippen LogP contribution in [0.1, 0.15) is 19.4 Å². The zero-order valence-corrected chi connectivity index (χ0v) is 12.0. The molecule has 0 fully saturated rings. The molecule has 1 rings (SSSR count). The Morgan fingerprint density at radius 1 is 1.41 bits per heavy atom. The summed E-state index contributed by atoms with van der Waals surface area (Å²) in [5.74, 6) is 0.0176. The van der Waals surface area contributed by atoms with E-state index in [-0.39, 0.29) is 11.5 Å². The Morgan fingerprint density at radius 3 is 2.35 bits per heavy atom. The van der Waals surface area contributed by atoms with E-state index in [1.165, 1.54) is 6.92 Å². The third-order valence-electron chi connectivity index (χ3n) is 2.57. The van der Waals surface area contributed by atoms with Gasteiger partial charge < -0.3 is 5.21 Å². The summed E-state index contributed by atoms with van der Waals surface area (Å²) in [4.78, 5) is 0. The maximum absolute atomic E-state index is 11.7. The fourth-order valence-corrected chi connectivity index (χ4v) is 2.70. The number of rotatable bonds is 4. The molecular weight excluding hydrogens is 306 g/mol. The lowest BCUT2D eigenvalue weighted by atomic mass is 10.1. The molecule has 0 heterocycles. The van der Waals surface area contributed by atoms with Gasteiger partial charge in [-0.3, -0.25) is 0 Å². The van der Waals surface area contributed by atoms with Crippen molar-refractivity contribution in [1.29, 1.82) is 0 Å². The minimum atomic E-state index is -3.27. The van der Waals surface area contributed by atoms with E-state index in [9.17, 15) is 8.42 Å². The SMILES string of the molecule is CCS(=O)(=O)[C@H](C)/C(=N\O)c1ccc(Br)cc1. The molecule has 4 nitrogen and oxygen atoms in total. The van der Waals surface area contributed by atoms with Gasteiger partial charge in [-0.1, -0.05) is 40.1 Å². The molecule has 0 aliphatic carbocycles. The first-order chi connectivity index (χ1) is 7.92. The molecular formula is C11H14BrNO3S. The molecule has 0 saturated heterocycles. The molecule has 0 aromatic heterocycles. The van der Waals surface area contributed by atoms with Crippen LogP contribution in [0.4, 0.5) is 0 Å².